The Bertz CT molecular complexity index is 613. The predicted molar refractivity (Wildman–Crippen MR) is 103 cm³/mol. The van der Waals surface area contributed by atoms with E-state index in [0.29, 0.717) is 5.69 Å². The second kappa shape index (κ2) is 8.66. The molecular formula is C14H17I2N3O4. The average Bonchev–Trinajstić information content (AvgIpc) is 2.42. The molecule has 0 aliphatic carbocycles. The highest BCUT2D eigenvalue weighted by molar-refractivity contribution is 14.1. The largest absolute Gasteiger partial charge is 0.480 e. The Hall–Kier alpha value is -1.11. The number of amides is 2. The number of nitrogens with one attached hydrogen (secondary N) is 2. The summed E-state index contributed by atoms with van der Waals surface area (Å²) < 4.78 is 1.65. The van der Waals surface area contributed by atoms with Gasteiger partial charge >= 0.3 is 5.97 Å². The number of aliphatic carboxylic acids is 1. The van der Waals surface area contributed by atoms with Gasteiger partial charge in [-0.2, -0.15) is 0 Å². The van der Waals surface area contributed by atoms with E-state index in [0.717, 1.165) is 12.7 Å². The molecular weight excluding hydrogens is 528 g/mol. The molecule has 0 bridgehead atoms. The molecule has 0 radical (unpaired) electrons. The molecule has 0 fully saturated rings. The molecule has 1 rings (SSSR count). The summed E-state index contributed by atoms with van der Waals surface area (Å²) in [5, 5.41) is 14.2. The molecule has 0 heterocycles. The van der Waals surface area contributed by atoms with E-state index < -0.39 is 24.0 Å². The van der Waals surface area contributed by atoms with Crippen LogP contribution in [0.15, 0.2) is 12.1 Å². The second-order valence-corrected chi connectivity index (χ2v) is 7.32. The van der Waals surface area contributed by atoms with Gasteiger partial charge in [0.2, 0.25) is 11.8 Å². The van der Waals surface area contributed by atoms with Crippen molar-refractivity contribution in [2.45, 2.75) is 32.4 Å². The first-order valence-corrected chi connectivity index (χ1v) is 8.81. The van der Waals surface area contributed by atoms with Gasteiger partial charge in [0.05, 0.1) is 5.69 Å². The van der Waals surface area contributed by atoms with Crippen LogP contribution in [0.3, 0.4) is 0 Å². The smallest absolute Gasteiger partial charge is 0.326 e. The molecule has 0 saturated heterocycles. The summed E-state index contributed by atoms with van der Waals surface area (Å²) >= 11 is 4.15. The fourth-order valence-corrected chi connectivity index (χ4v) is 3.75. The van der Waals surface area contributed by atoms with Gasteiger partial charge in [-0.15, -0.1) is 0 Å². The molecule has 0 saturated carbocycles. The van der Waals surface area contributed by atoms with Crippen LogP contribution in [0.4, 0.5) is 5.69 Å². The zero-order chi connectivity index (χ0) is 17.7. The lowest BCUT2D eigenvalue weighted by Gasteiger charge is -2.19. The van der Waals surface area contributed by atoms with Gasteiger partial charge in [-0.1, -0.05) is 0 Å². The van der Waals surface area contributed by atoms with Crippen LogP contribution in [-0.2, 0) is 20.8 Å². The van der Waals surface area contributed by atoms with E-state index in [1.165, 1.54) is 13.8 Å². The van der Waals surface area contributed by atoms with Crippen molar-refractivity contribution in [1.29, 1.82) is 0 Å². The Morgan fingerprint density at radius 1 is 1.22 bits per heavy atom. The van der Waals surface area contributed by atoms with Crippen LogP contribution >= 0.6 is 45.2 Å². The molecule has 23 heavy (non-hydrogen) atoms. The Morgan fingerprint density at radius 3 is 2.17 bits per heavy atom. The first kappa shape index (κ1) is 19.9. The highest BCUT2D eigenvalue weighted by atomic mass is 127. The predicted octanol–water partition coefficient (Wildman–Crippen LogP) is 1.11. The van der Waals surface area contributed by atoms with E-state index in [1.807, 2.05) is 0 Å². The molecule has 126 valence electrons. The van der Waals surface area contributed by atoms with E-state index in [9.17, 15) is 19.5 Å². The number of nitrogens with two attached hydrogens (primary N) is 1. The molecule has 5 N–H and O–H groups in total. The summed E-state index contributed by atoms with van der Waals surface area (Å²) in [4.78, 5) is 34.3. The summed E-state index contributed by atoms with van der Waals surface area (Å²) in [6.45, 7) is 2.78. The maximum atomic E-state index is 12.0. The molecule has 0 spiro atoms. The SMILES string of the molecule is CC(=O)N[C@H](C)C(=O)N[C@@H](Cc1cc(I)c(N)c(I)c1)C(=O)O. The van der Waals surface area contributed by atoms with Crippen molar-refractivity contribution in [2.24, 2.45) is 0 Å². The van der Waals surface area contributed by atoms with Gasteiger partial charge in [0.15, 0.2) is 0 Å². The monoisotopic (exact) mass is 545 g/mol. The first-order valence-electron chi connectivity index (χ1n) is 6.65. The number of hydrogen-bond acceptors (Lipinski definition) is 4. The number of rotatable bonds is 6. The van der Waals surface area contributed by atoms with E-state index in [4.69, 9.17) is 5.73 Å². The first-order chi connectivity index (χ1) is 10.6. The lowest BCUT2D eigenvalue weighted by Crippen LogP contribution is -2.50. The summed E-state index contributed by atoms with van der Waals surface area (Å²) in [5.41, 5.74) is 7.27. The standard InChI is InChI=1S/C14H17I2N3O4/c1-6(18-7(2)20)13(21)19-11(14(22)23)5-8-3-9(15)12(17)10(16)4-8/h3-4,6,11H,5,17H2,1-2H3,(H,18,20)(H,19,21)(H,22,23)/t6-,11+/m1/s1. The number of carbonyl (C=O) groups is 3. The van der Waals surface area contributed by atoms with Crippen LogP contribution in [0.5, 0.6) is 0 Å². The summed E-state index contributed by atoms with van der Waals surface area (Å²) in [6, 6.07) is 1.68. The molecule has 0 aliphatic heterocycles. The molecule has 1 aromatic rings. The molecule has 2 amide bonds. The summed E-state index contributed by atoms with van der Waals surface area (Å²) in [7, 11) is 0. The van der Waals surface area contributed by atoms with Crippen LogP contribution in [0.1, 0.15) is 19.4 Å². The number of halogens is 2. The Morgan fingerprint density at radius 2 is 1.74 bits per heavy atom. The number of carboxylic acid groups (broad SMARTS) is 1. The van der Waals surface area contributed by atoms with Crippen LogP contribution in [0, 0.1) is 7.14 Å². The molecule has 9 heteroatoms. The minimum Gasteiger partial charge on any atom is -0.480 e. The van der Waals surface area contributed by atoms with Gasteiger partial charge in [-0.3, -0.25) is 9.59 Å². The van der Waals surface area contributed by atoms with Crippen molar-refractivity contribution in [1.82, 2.24) is 10.6 Å². The number of nitrogen functional groups attached to an aromatic ring is 1. The average molecular weight is 545 g/mol. The highest BCUT2D eigenvalue weighted by Gasteiger charge is 2.24. The van der Waals surface area contributed by atoms with Crippen molar-refractivity contribution in [2.75, 3.05) is 5.73 Å². The molecule has 0 aromatic heterocycles. The van der Waals surface area contributed by atoms with Crippen molar-refractivity contribution >= 4 is 68.7 Å². The minimum absolute atomic E-state index is 0.125. The van der Waals surface area contributed by atoms with Crippen molar-refractivity contribution in [3.63, 3.8) is 0 Å². The zero-order valence-electron chi connectivity index (χ0n) is 12.5. The minimum atomic E-state index is -1.14. The fraction of sp³-hybridized carbons (Fsp3) is 0.357. The third kappa shape index (κ3) is 6.12. The number of anilines is 1. The maximum Gasteiger partial charge on any atom is 0.326 e. The second-order valence-electron chi connectivity index (χ2n) is 5.00. The molecule has 0 unspecified atom stereocenters. The molecule has 1 aromatic carbocycles. The van der Waals surface area contributed by atoms with Crippen molar-refractivity contribution in [3.05, 3.63) is 24.8 Å². The van der Waals surface area contributed by atoms with Gasteiger partial charge in [-0.05, 0) is 69.8 Å². The third-order valence-corrected chi connectivity index (χ3v) is 4.79. The number of carboxylic acids is 1. The molecule has 0 aliphatic rings. The maximum absolute atomic E-state index is 12.0. The number of benzene rings is 1. The normalized spacial score (nSPS) is 13.0. The van der Waals surface area contributed by atoms with E-state index in [1.54, 1.807) is 12.1 Å². The van der Waals surface area contributed by atoms with E-state index in [2.05, 4.69) is 55.8 Å². The van der Waals surface area contributed by atoms with E-state index >= 15 is 0 Å². The van der Waals surface area contributed by atoms with Gasteiger partial charge in [-0.25, -0.2) is 4.79 Å². The lowest BCUT2D eigenvalue weighted by molar-refractivity contribution is -0.142. The van der Waals surface area contributed by atoms with Crippen molar-refractivity contribution in [3.8, 4) is 0 Å². The van der Waals surface area contributed by atoms with E-state index in [-0.39, 0.29) is 12.3 Å². The summed E-state index contributed by atoms with van der Waals surface area (Å²) in [6.07, 6.45) is 0.125. The number of carbonyl (C=O) groups excluding carboxylic acids is 2. The Kier molecular flexibility index (Phi) is 7.51. The lowest BCUT2D eigenvalue weighted by atomic mass is 10.1. The van der Waals surface area contributed by atoms with Crippen LogP contribution in [0.2, 0.25) is 0 Å². The van der Waals surface area contributed by atoms with Gasteiger partial charge < -0.3 is 21.5 Å². The summed E-state index contributed by atoms with van der Waals surface area (Å²) in [5.74, 6) is -2.05. The quantitative estimate of drug-likeness (QED) is 0.316. The third-order valence-electron chi connectivity index (χ3n) is 3.01. The highest BCUT2D eigenvalue weighted by Crippen LogP contribution is 2.24. The van der Waals surface area contributed by atoms with Crippen LogP contribution < -0.4 is 16.4 Å². The molecule has 7 nitrogen and oxygen atoms in total. The number of hydrogen-bond donors (Lipinski definition) is 4. The van der Waals surface area contributed by atoms with Gasteiger partial charge in [0.1, 0.15) is 12.1 Å². The Balaban J connectivity index is 2.86. The van der Waals surface area contributed by atoms with Gasteiger partial charge in [0, 0.05) is 20.5 Å². The molecule has 2 atom stereocenters. The van der Waals surface area contributed by atoms with Crippen LogP contribution in [-0.4, -0.2) is 35.0 Å². The Labute approximate surface area is 161 Å². The zero-order valence-corrected chi connectivity index (χ0v) is 16.8. The van der Waals surface area contributed by atoms with Crippen molar-refractivity contribution < 1.29 is 19.5 Å². The van der Waals surface area contributed by atoms with Gasteiger partial charge in [0.25, 0.3) is 0 Å². The topological polar surface area (TPSA) is 122 Å². The fourth-order valence-electron chi connectivity index (χ4n) is 1.86. The van der Waals surface area contributed by atoms with Crippen LogP contribution in [0.25, 0.3) is 0 Å².